The van der Waals surface area contributed by atoms with E-state index in [0.717, 1.165) is 44.5 Å². The Morgan fingerprint density at radius 2 is 1.23 bits per heavy atom. The van der Waals surface area contributed by atoms with Crippen LogP contribution in [0.3, 0.4) is 0 Å². The molecule has 0 saturated carbocycles. The van der Waals surface area contributed by atoms with Gasteiger partial charge in [0.15, 0.2) is 5.58 Å². The number of nitrogens with zero attached hydrogens (tertiary/aromatic N) is 3. The van der Waals surface area contributed by atoms with Crippen molar-refractivity contribution in [1.82, 2.24) is 9.97 Å². The molecule has 0 N–H and O–H groups in total. The summed E-state index contributed by atoms with van der Waals surface area (Å²) in [7, 11) is 0. The number of hydrogen-bond acceptors (Lipinski definition) is 5. The van der Waals surface area contributed by atoms with Gasteiger partial charge in [0.25, 0.3) is 0 Å². The zero-order valence-electron chi connectivity index (χ0n) is 24.9. The number of thiophene rings is 1. The minimum Gasteiger partial charge on any atom is -0.452 e. The number of anilines is 3. The molecule has 7 aromatic carbocycles. The van der Waals surface area contributed by atoms with Crippen LogP contribution in [-0.2, 0) is 0 Å². The molecule has 0 atom stereocenters. The lowest BCUT2D eigenvalue weighted by molar-refractivity contribution is 0.667. The van der Waals surface area contributed by atoms with Gasteiger partial charge in [0.05, 0.1) is 11.4 Å². The summed E-state index contributed by atoms with van der Waals surface area (Å²) >= 11 is 1.81. The van der Waals surface area contributed by atoms with Crippen LogP contribution in [0.25, 0.3) is 86.2 Å². The van der Waals surface area contributed by atoms with Crippen LogP contribution in [0.4, 0.5) is 17.3 Å². The molecule has 4 nitrogen and oxygen atoms in total. The number of hydrogen-bond donors (Lipinski definition) is 0. The van der Waals surface area contributed by atoms with Crippen molar-refractivity contribution in [3.8, 4) is 22.4 Å². The zero-order chi connectivity index (χ0) is 30.6. The normalized spacial score (nSPS) is 12.6. The van der Waals surface area contributed by atoms with Crippen molar-refractivity contribution in [1.29, 1.82) is 0 Å². The summed E-state index contributed by atoms with van der Waals surface area (Å²) in [5.74, 6) is 0.621. The molecule has 1 aliphatic rings. The molecule has 218 valence electrons. The van der Waals surface area contributed by atoms with Crippen LogP contribution in [0.5, 0.6) is 0 Å². The summed E-state index contributed by atoms with van der Waals surface area (Å²) in [6, 6.07) is 49.5. The highest BCUT2D eigenvalue weighted by Gasteiger charge is 2.31. The van der Waals surface area contributed by atoms with Gasteiger partial charge in [-0.2, -0.15) is 0 Å². The molecule has 11 rings (SSSR count). The molecule has 0 amide bonds. The SMILES string of the molecule is c1ccc2c3c(ccc2c1)-c1cccc2cccc(c12)N3c1nc(-c2cccc3sc4ccccc4c23)c2oc3ccccc3c2n1. The molecule has 5 heteroatoms. The maximum absolute atomic E-state index is 6.63. The summed E-state index contributed by atoms with van der Waals surface area (Å²) in [6.07, 6.45) is 0. The molecule has 47 heavy (non-hydrogen) atoms. The van der Waals surface area contributed by atoms with Gasteiger partial charge in [-0.25, -0.2) is 9.97 Å². The number of benzene rings is 7. The summed E-state index contributed by atoms with van der Waals surface area (Å²) in [6.45, 7) is 0. The molecular weight excluding hydrogens is 595 g/mol. The minimum absolute atomic E-state index is 0.621. The molecule has 0 saturated heterocycles. The number of furan rings is 1. The van der Waals surface area contributed by atoms with Gasteiger partial charge in [-0.3, -0.25) is 4.90 Å². The van der Waals surface area contributed by atoms with Crippen LogP contribution in [0, 0.1) is 0 Å². The van der Waals surface area contributed by atoms with Crippen molar-refractivity contribution in [2.45, 2.75) is 0 Å². The fourth-order valence-corrected chi connectivity index (χ4v) is 8.74. The van der Waals surface area contributed by atoms with Crippen LogP contribution in [0.2, 0.25) is 0 Å². The Morgan fingerprint density at radius 1 is 0.511 bits per heavy atom. The van der Waals surface area contributed by atoms with Crippen molar-refractivity contribution in [2.75, 3.05) is 4.90 Å². The van der Waals surface area contributed by atoms with Crippen LogP contribution < -0.4 is 4.90 Å². The van der Waals surface area contributed by atoms with Gasteiger partial charge in [0, 0.05) is 47.5 Å². The molecule has 3 aromatic heterocycles. The molecule has 0 fully saturated rings. The Labute approximate surface area is 272 Å². The van der Waals surface area contributed by atoms with Crippen molar-refractivity contribution in [3.63, 3.8) is 0 Å². The van der Waals surface area contributed by atoms with Crippen molar-refractivity contribution >= 4 is 92.4 Å². The van der Waals surface area contributed by atoms with Crippen LogP contribution in [0.1, 0.15) is 0 Å². The summed E-state index contributed by atoms with van der Waals surface area (Å²) in [4.78, 5) is 13.2. The lowest BCUT2D eigenvalue weighted by atomic mass is 9.89. The largest absolute Gasteiger partial charge is 0.452 e. The zero-order valence-corrected chi connectivity index (χ0v) is 25.8. The third kappa shape index (κ3) is 3.41. The first kappa shape index (κ1) is 25.2. The third-order valence-electron chi connectivity index (χ3n) is 9.60. The highest BCUT2D eigenvalue weighted by Crippen LogP contribution is 2.53. The second-order valence-corrected chi connectivity index (χ2v) is 13.2. The second-order valence-electron chi connectivity index (χ2n) is 12.1. The van der Waals surface area contributed by atoms with E-state index in [1.54, 1.807) is 0 Å². The monoisotopic (exact) mass is 617 g/mol. The predicted molar refractivity (Wildman–Crippen MR) is 196 cm³/mol. The van der Waals surface area contributed by atoms with E-state index in [0.29, 0.717) is 11.5 Å². The van der Waals surface area contributed by atoms with Gasteiger partial charge in [0.2, 0.25) is 5.95 Å². The van der Waals surface area contributed by atoms with E-state index in [9.17, 15) is 0 Å². The Morgan fingerprint density at radius 3 is 2.17 bits per heavy atom. The lowest BCUT2D eigenvalue weighted by Crippen LogP contribution is -2.18. The van der Waals surface area contributed by atoms with E-state index < -0.39 is 0 Å². The molecule has 0 radical (unpaired) electrons. The molecular formula is C42H23N3OS. The minimum atomic E-state index is 0.621. The fraction of sp³-hybridized carbons (Fsp3) is 0. The van der Waals surface area contributed by atoms with Crippen molar-refractivity contribution in [2.24, 2.45) is 0 Å². The number of rotatable bonds is 2. The molecule has 4 heterocycles. The first-order chi connectivity index (χ1) is 23.3. The quantitative estimate of drug-likeness (QED) is 0.194. The van der Waals surface area contributed by atoms with Gasteiger partial charge in [-0.15, -0.1) is 11.3 Å². The van der Waals surface area contributed by atoms with Crippen LogP contribution in [0.15, 0.2) is 144 Å². The summed E-state index contributed by atoms with van der Waals surface area (Å²) < 4.78 is 9.11. The highest BCUT2D eigenvalue weighted by atomic mass is 32.1. The molecule has 0 unspecified atom stereocenters. The molecule has 1 aliphatic heterocycles. The molecule has 0 bridgehead atoms. The topological polar surface area (TPSA) is 42.2 Å². The fourth-order valence-electron chi connectivity index (χ4n) is 7.61. The second kappa shape index (κ2) is 9.25. The van der Waals surface area contributed by atoms with E-state index in [4.69, 9.17) is 14.4 Å². The molecule has 0 aliphatic carbocycles. The number of para-hydroxylation sites is 1. The Kier molecular flexibility index (Phi) is 4.96. The van der Waals surface area contributed by atoms with Gasteiger partial charge >= 0.3 is 0 Å². The Bertz CT molecular complexity index is 2930. The van der Waals surface area contributed by atoms with E-state index in [2.05, 4.69) is 126 Å². The Balaban J connectivity index is 1.31. The molecule has 0 spiro atoms. The van der Waals surface area contributed by atoms with E-state index >= 15 is 0 Å². The Hall–Kier alpha value is -6.04. The maximum Gasteiger partial charge on any atom is 0.236 e. The van der Waals surface area contributed by atoms with Crippen molar-refractivity contribution < 1.29 is 4.42 Å². The summed E-state index contributed by atoms with van der Waals surface area (Å²) in [5, 5.41) is 8.11. The van der Waals surface area contributed by atoms with Crippen LogP contribution in [-0.4, -0.2) is 9.97 Å². The first-order valence-electron chi connectivity index (χ1n) is 15.8. The van der Waals surface area contributed by atoms with Gasteiger partial charge in [-0.05, 0) is 46.7 Å². The molecule has 10 aromatic rings. The van der Waals surface area contributed by atoms with Gasteiger partial charge in [0.1, 0.15) is 16.8 Å². The lowest BCUT2D eigenvalue weighted by Gasteiger charge is -2.33. The maximum atomic E-state index is 6.63. The standard InChI is InChI=1S/C42H23N3OS/c1-2-13-26-24(10-1)22-23-28-27-16-7-11-25-12-8-18-32(36(25)27)45(40(26)28)42-43-38-29-14-3-5-19-33(29)46-41(38)39(44-42)31-17-9-21-35-37(31)30-15-4-6-20-34(30)47-35/h1-23H. The van der Waals surface area contributed by atoms with Gasteiger partial charge in [-0.1, -0.05) is 109 Å². The van der Waals surface area contributed by atoms with Crippen LogP contribution >= 0.6 is 11.3 Å². The number of fused-ring (bicyclic) bond motifs is 10. The highest BCUT2D eigenvalue weighted by molar-refractivity contribution is 7.25. The number of aromatic nitrogens is 2. The van der Waals surface area contributed by atoms with E-state index in [1.165, 1.54) is 47.5 Å². The summed E-state index contributed by atoms with van der Waals surface area (Å²) in [5.41, 5.74) is 8.70. The smallest absolute Gasteiger partial charge is 0.236 e. The van der Waals surface area contributed by atoms with E-state index in [1.807, 2.05) is 29.5 Å². The van der Waals surface area contributed by atoms with Gasteiger partial charge < -0.3 is 4.42 Å². The van der Waals surface area contributed by atoms with E-state index in [-0.39, 0.29) is 0 Å². The predicted octanol–water partition coefficient (Wildman–Crippen LogP) is 12.2. The third-order valence-corrected chi connectivity index (χ3v) is 10.7. The average Bonchev–Trinajstić information content (AvgIpc) is 3.70. The first-order valence-corrected chi connectivity index (χ1v) is 16.6. The van der Waals surface area contributed by atoms with Crippen molar-refractivity contribution in [3.05, 3.63) is 140 Å². The average molecular weight is 618 g/mol.